The van der Waals surface area contributed by atoms with Crippen LogP contribution in [-0.4, -0.2) is 68.6 Å². The zero-order chi connectivity index (χ0) is 14.6. The fraction of sp³-hybridized carbons (Fsp3) is 0.923. The fourth-order valence-corrected chi connectivity index (χ4v) is 4.64. The van der Waals surface area contributed by atoms with Gasteiger partial charge in [-0.2, -0.15) is 4.31 Å². The molecule has 2 aliphatic rings. The standard InChI is InChI=1S/C13H25N3O3S/c1-15(11-13(17)16-9-7-14-8-10-16)20(18,19)12-5-3-2-4-6-12/h12,14H,2-11H2,1H3. The number of hydrogen-bond donors (Lipinski definition) is 1. The Bertz CT molecular complexity index is 426. The summed E-state index contributed by atoms with van der Waals surface area (Å²) < 4.78 is 26.2. The number of carbonyl (C=O) groups is 1. The maximum absolute atomic E-state index is 12.4. The second-order valence-electron chi connectivity index (χ2n) is 5.69. The maximum Gasteiger partial charge on any atom is 0.237 e. The van der Waals surface area contributed by atoms with E-state index in [1.807, 2.05) is 0 Å². The molecule has 0 aromatic heterocycles. The predicted octanol–water partition coefficient (Wildman–Crippen LogP) is 0.0125. The third kappa shape index (κ3) is 3.71. The molecule has 116 valence electrons. The summed E-state index contributed by atoms with van der Waals surface area (Å²) in [5, 5.41) is 2.88. The third-order valence-electron chi connectivity index (χ3n) is 4.24. The summed E-state index contributed by atoms with van der Waals surface area (Å²) in [6.07, 6.45) is 4.53. The largest absolute Gasteiger partial charge is 0.339 e. The van der Waals surface area contributed by atoms with Gasteiger partial charge in [-0.1, -0.05) is 19.3 Å². The molecular weight excluding hydrogens is 278 g/mol. The lowest BCUT2D eigenvalue weighted by Gasteiger charge is -2.31. The molecule has 1 saturated carbocycles. The quantitative estimate of drug-likeness (QED) is 0.794. The van der Waals surface area contributed by atoms with E-state index in [0.717, 1.165) is 45.2 Å². The van der Waals surface area contributed by atoms with Crippen molar-refractivity contribution in [2.24, 2.45) is 0 Å². The molecule has 0 unspecified atom stereocenters. The Kier molecular flexibility index (Phi) is 5.40. The highest BCUT2D eigenvalue weighted by Crippen LogP contribution is 2.25. The van der Waals surface area contributed by atoms with Crippen LogP contribution in [0.25, 0.3) is 0 Å². The van der Waals surface area contributed by atoms with Crippen LogP contribution in [0.15, 0.2) is 0 Å². The molecule has 0 bridgehead atoms. The smallest absolute Gasteiger partial charge is 0.237 e. The van der Waals surface area contributed by atoms with Crippen LogP contribution in [0.5, 0.6) is 0 Å². The van der Waals surface area contributed by atoms with Gasteiger partial charge in [0.2, 0.25) is 15.9 Å². The van der Waals surface area contributed by atoms with E-state index < -0.39 is 10.0 Å². The van der Waals surface area contributed by atoms with E-state index in [1.54, 1.807) is 4.90 Å². The van der Waals surface area contributed by atoms with Gasteiger partial charge in [0.1, 0.15) is 0 Å². The second-order valence-corrected chi connectivity index (χ2v) is 8.01. The van der Waals surface area contributed by atoms with Gasteiger partial charge >= 0.3 is 0 Å². The van der Waals surface area contributed by atoms with Crippen molar-refractivity contribution < 1.29 is 13.2 Å². The van der Waals surface area contributed by atoms with Crippen LogP contribution in [0.2, 0.25) is 0 Å². The van der Waals surface area contributed by atoms with Crippen molar-refractivity contribution in [3.63, 3.8) is 0 Å². The van der Waals surface area contributed by atoms with Crippen LogP contribution in [0, 0.1) is 0 Å². The predicted molar refractivity (Wildman–Crippen MR) is 77.9 cm³/mol. The highest BCUT2D eigenvalue weighted by molar-refractivity contribution is 7.89. The van der Waals surface area contributed by atoms with Crippen molar-refractivity contribution in [1.82, 2.24) is 14.5 Å². The number of rotatable bonds is 4. The van der Waals surface area contributed by atoms with Crippen LogP contribution in [-0.2, 0) is 14.8 Å². The summed E-state index contributed by atoms with van der Waals surface area (Å²) in [5.41, 5.74) is 0. The van der Waals surface area contributed by atoms with Gasteiger partial charge in [-0.05, 0) is 12.8 Å². The third-order valence-corrected chi connectivity index (χ3v) is 6.55. The van der Waals surface area contributed by atoms with Gasteiger partial charge in [0.25, 0.3) is 0 Å². The van der Waals surface area contributed by atoms with Gasteiger partial charge in [0.05, 0.1) is 11.8 Å². The highest BCUT2D eigenvalue weighted by Gasteiger charge is 2.32. The second kappa shape index (κ2) is 6.87. The number of carbonyl (C=O) groups excluding carboxylic acids is 1. The number of nitrogens with one attached hydrogen (secondary N) is 1. The lowest BCUT2D eigenvalue weighted by atomic mass is 10.0. The molecule has 0 spiro atoms. The highest BCUT2D eigenvalue weighted by atomic mass is 32.2. The van der Waals surface area contributed by atoms with Crippen molar-refractivity contribution in [3.8, 4) is 0 Å². The summed E-state index contributed by atoms with van der Waals surface area (Å²) >= 11 is 0. The Morgan fingerprint density at radius 2 is 1.80 bits per heavy atom. The molecule has 0 aromatic carbocycles. The Balaban J connectivity index is 1.92. The molecule has 1 aliphatic heterocycles. The summed E-state index contributed by atoms with van der Waals surface area (Å²) in [6.45, 7) is 2.86. The Labute approximate surface area is 121 Å². The molecule has 6 nitrogen and oxygen atoms in total. The topological polar surface area (TPSA) is 69.7 Å². The van der Waals surface area contributed by atoms with Crippen LogP contribution in [0.4, 0.5) is 0 Å². The van der Waals surface area contributed by atoms with Crippen molar-refractivity contribution in [2.45, 2.75) is 37.4 Å². The Morgan fingerprint density at radius 3 is 2.40 bits per heavy atom. The lowest BCUT2D eigenvalue weighted by Crippen LogP contribution is -2.50. The Morgan fingerprint density at radius 1 is 1.20 bits per heavy atom. The van der Waals surface area contributed by atoms with Crippen LogP contribution >= 0.6 is 0 Å². The summed E-state index contributed by atoms with van der Waals surface area (Å²) in [4.78, 5) is 13.9. The van der Waals surface area contributed by atoms with Crippen molar-refractivity contribution in [2.75, 3.05) is 39.8 Å². The number of hydrogen-bond acceptors (Lipinski definition) is 4. The molecule has 0 aromatic rings. The van der Waals surface area contributed by atoms with Gasteiger partial charge in [-0.3, -0.25) is 4.79 Å². The minimum absolute atomic E-state index is 0.0289. The molecular formula is C13H25N3O3S. The zero-order valence-electron chi connectivity index (χ0n) is 12.2. The molecule has 0 atom stereocenters. The van der Waals surface area contributed by atoms with Crippen molar-refractivity contribution in [1.29, 1.82) is 0 Å². The minimum atomic E-state index is -3.33. The number of amides is 1. The molecule has 1 N–H and O–H groups in total. The average molecular weight is 303 g/mol. The molecule has 1 heterocycles. The molecule has 20 heavy (non-hydrogen) atoms. The average Bonchev–Trinajstić information content (AvgIpc) is 2.49. The fourth-order valence-electron chi connectivity index (χ4n) is 2.91. The summed E-state index contributed by atoms with van der Waals surface area (Å²) in [7, 11) is -1.79. The summed E-state index contributed by atoms with van der Waals surface area (Å²) in [6, 6.07) is 0. The summed E-state index contributed by atoms with van der Waals surface area (Å²) in [5.74, 6) is -0.0895. The molecule has 1 saturated heterocycles. The number of sulfonamides is 1. The molecule has 2 fully saturated rings. The lowest BCUT2D eigenvalue weighted by molar-refractivity contribution is -0.131. The first-order valence-electron chi connectivity index (χ1n) is 7.45. The SMILES string of the molecule is CN(CC(=O)N1CCNCC1)S(=O)(=O)C1CCCCC1. The van der Waals surface area contributed by atoms with E-state index in [2.05, 4.69) is 5.32 Å². The molecule has 7 heteroatoms. The molecule has 1 amide bonds. The van der Waals surface area contributed by atoms with Gasteiger partial charge in [0, 0.05) is 33.2 Å². The maximum atomic E-state index is 12.4. The number of likely N-dealkylation sites (N-methyl/N-ethyl adjacent to an activating group) is 1. The van der Waals surface area contributed by atoms with E-state index in [-0.39, 0.29) is 17.7 Å². The van der Waals surface area contributed by atoms with E-state index in [1.165, 1.54) is 11.4 Å². The molecule has 2 rings (SSSR count). The zero-order valence-corrected chi connectivity index (χ0v) is 13.0. The van der Waals surface area contributed by atoms with Crippen molar-refractivity contribution >= 4 is 15.9 Å². The van der Waals surface area contributed by atoms with Crippen LogP contribution in [0.1, 0.15) is 32.1 Å². The van der Waals surface area contributed by atoms with Crippen LogP contribution < -0.4 is 5.32 Å². The first-order valence-corrected chi connectivity index (χ1v) is 8.96. The number of piperazine rings is 1. The van der Waals surface area contributed by atoms with E-state index in [4.69, 9.17) is 0 Å². The first kappa shape index (κ1) is 15.7. The monoisotopic (exact) mass is 303 g/mol. The van der Waals surface area contributed by atoms with E-state index in [0.29, 0.717) is 13.1 Å². The normalized spacial score (nSPS) is 22.2. The number of nitrogens with zero attached hydrogens (tertiary/aromatic N) is 2. The van der Waals surface area contributed by atoms with Crippen molar-refractivity contribution in [3.05, 3.63) is 0 Å². The van der Waals surface area contributed by atoms with E-state index in [9.17, 15) is 13.2 Å². The first-order chi connectivity index (χ1) is 9.51. The van der Waals surface area contributed by atoms with Crippen LogP contribution in [0.3, 0.4) is 0 Å². The van der Waals surface area contributed by atoms with E-state index >= 15 is 0 Å². The Hall–Kier alpha value is -0.660. The van der Waals surface area contributed by atoms with Gasteiger partial charge in [-0.25, -0.2) is 8.42 Å². The molecule has 1 aliphatic carbocycles. The van der Waals surface area contributed by atoms with Gasteiger partial charge < -0.3 is 10.2 Å². The van der Waals surface area contributed by atoms with Gasteiger partial charge in [-0.15, -0.1) is 0 Å². The van der Waals surface area contributed by atoms with Gasteiger partial charge in [0.15, 0.2) is 0 Å². The molecule has 0 radical (unpaired) electrons. The minimum Gasteiger partial charge on any atom is -0.339 e.